The van der Waals surface area contributed by atoms with Crippen LogP contribution >= 0.6 is 51.5 Å². The molecule has 0 bridgehead atoms. The van der Waals surface area contributed by atoms with Crippen LogP contribution in [0.2, 0.25) is 10.0 Å². The van der Waals surface area contributed by atoms with Crippen molar-refractivity contribution < 1.29 is 24.2 Å². The molecule has 4 aromatic carbocycles. The lowest BCUT2D eigenvalue weighted by molar-refractivity contribution is -0.137. The number of nitrogens with one attached hydrogen (secondary N) is 1. The lowest BCUT2D eigenvalue weighted by atomic mass is 9.74. The van der Waals surface area contributed by atoms with E-state index in [1.54, 1.807) is 24.3 Å². The molecule has 4 aliphatic heterocycles. The van der Waals surface area contributed by atoms with Gasteiger partial charge in [0.1, 0.15) is 5.75 Å². The van der Waals surface area contributed by atoms with Gasteiger partial charge in [0.2, 0.25) is 0 Å². The second-order valence-electron chi connectivity index (χ2n) is 14.2. The highest BCUT2D eigenvalue weighted by Crippen LogP contribution is 2.47. The van der Waals surface area contributed by atoms with Crippen LogP contribution in [0.3, 0.4) is 0 Å². The first-order chi connectivity index (χ1) is 25.1. The zero-order chi connectivity index (χ0) is 36.3. The minimum atomic E-state index is -0.776. The van der Waals surface area contributed by atoms with Crippen LogP contribution in [-0.4, -0.2) is 66.1 Å². The van der Waals surface area contributed by atoms with E-state index in [0.717, 1.165) is 73.5 Å². The number of likely N-dealkylation sites (tertiary alicyclic amines) is 2. The van der Waals surface area contributed by atoms with Crippen molar-refractivity contribution >= 4 is 69.1 Å². The number of rotatable bonds is 7. The molecular weight excluding hydrogens is 801 g/mol. The van der Waals surface area contributed by atoms with Crippen molar-refractivity contribution in [2.24, 2.45) is 0 Å². The predicted octanol–water partition coefficient (Wildman–Crippen LogP) is 9.34. The summed E-state index contributed by atoms with van der Waals surface area (Å²) in [4.78, 5) is 28.3. The Morgan fingerprint density at radius 2 is 1.51 bits per heavy atom. The van der Waals surface area contributed by atoms with Gasteiger partial charge in [-0.25, -0.2) is 0 Å². The number of hydrogen-bond donors (Lipinski definition) is 2. The Hall–Kier alpha value is -3.15. The van der Waals surface area contributed by atoms with Crippen molar-refractivity contribution in [2.75, 3.05) is 44.6 Å². The Balaban J connectivity index is 0.000000186. The van der Waals surface area contributed by atoms with Crippen LogP contribution in [0.25, 0.3) is 0 Å². The first kappa shape index (κ1) is 39.5. The van der Waals surface area contributed by atoms with Crippen LogP contribution in [0.5, 0.6) is 5.75 Å². The van der Waals surface area contributed by atoms with Crippen LogP contribution < -0.4 is 10.1 Å². The van der Waals surface area contributed by atoms with Gasteiger partial charge in [0.25, 0.3) is 5.91 Å². The zero-order valence-electron chi connectivity index (χ0n) is 29.3. The summed E-state index contributed by atoms with van der Waals surface area (Å²) in [6, 6.07) is 28.0. The van der Waals surface area contributed by atoms with Gasteiger partial charge in [-0.2, -0.15) is 0 Å². The third-order valence-corrected chi connectivity index (χ3v) is 12.1. The zero-order valence-corrected chi connectivity index (χ0v) is 33.2. The predicted molar refractivity (Wildman–Crippen MR) is 215 cm³/mol. The number of carbonyl (C=O) groups excluding carboxylic acids is 1. The fourth-order valence-electron chi connectivity index (χ4n) is 7.94. The number of nitrogens with zero attached hydrogens (tertiary/aromatic N) is 2. The van der Waals surface area contributed by atoms with Crippen molar-refractivity contribution in [1.29, 1.82) is 0 Å². The molecule has 0 unspecified atom stereocenters. The first-order valence-corrected chi connectivity index (χ1v) is 19.3. The van der Waals surface area contributed by atoms with Gasteiger partial charge in [-0.3, -0.25) is 14.5 Å². The Morgan fingerprint density at radius 3 is 2.21 bits per heavy atom. The maximum Gasteiger partial charge on any atom is 0.304 e. The van der Waals surface area contributed by atoms with Gasteiger partial charge in [0.15, 0.2) is 0 Å². The minimum Gasteiger partial charge on any atom is -0.492 e. The first-order valence-electron chi connectivity index (χ1n) is 17.8. The number of piperidine rings is 2. The number of carboxylic acid groups (broad SMARTS) is 1. The minimum absolute atomic E-state index is 0. The molecule has 12 heteroatoms. The van der Waals surface area contributed by atoms with E-state index in [4.69, 9.17) is 37.8 Å². The number of halogens is 4. The molecule has 4 aromatic rings. The molecule has 2 saturated heterocycles. The molecule has 0 radical (unpaired) electrons. The largest absolute Gasteiger partial charge is 0.492 e. The second kappa shape index (κ2) is 17.1. The van der Waals surface area contributed by atoms with Crippen LogP contribution in [0, 0.1) is 0 Å². The number of benzene rings is 4. The van der Waals surface area contributed by atoms with Gasteiger partial charge in [-0.15, -0.1) is 12.4 Å². The number of carboxylic acids is 1. The summed E-state index contributed by atoms with van der Waals surface area (Å²) in [5.74, 6) is 0.0183. The molecule has 53 heavy (non-hydrogen) atoms. The Bertz CT molecular complexity index is 1910. The summed E-state index contributed by atoms with van der Waals surface area (Å²) < 4.78 is 13.3. The number of hydrogen-bond acceptors (Lipinski definition) is 6. The SMILES string of the molecule is Brc1ccc2c(c1)OCC21CCN(Cc2ccccc2)CC1.Cl.O=C(O)CCN1CCC2(CC1)OCc1cc(C(=O)Nc3c(Cl)cccc3Cl)ccc12. The molecule has 0 aromatic heterocycles. The molecule has 0 atom stereocenters. The smallest absolute Gasteiger partial charge is 0.304 e. The number of ether oxygens (including phenoxy) is 2. The summed E-state index contributed by atoms with van der Waals surface area (Å²) in [5, 5.41) is 12.4. The van der Waals surface area contributed by atoms with Gasteiger partial charge < -0.3 is 24.8 Å². The van der Waals surface area contributed by atoms with Crippen molar-refractivity contribution in [1.82, 2.24) is 9.80 Å². The van der Waals surface area contributed by atoms with E-state index in [2.05, 4.69) is 79.6 Å². The fraction of sp³-hybridized carbons (Fsp3) is 0.366. The number of fused-ring (bicyclic) bond motifs is 4. The van der Waals surface area contributed by atoms with Crippen molar-refractivity contribution in [3.05, 3.63) is 127 Å². The van der Waals surface area contributed by atoms with E-state index < -0.39 is 5.97 Å². The van der Waals surface area contributed by atoms with E-state index >= 15 is 0 Å². The molecule has 4 heterocycles. The molecule has 280 valence electrons. The standard InChI is InChI=1S/C22H22Cl2N2O4.C19H20BrNO.ClH/c23-17-2-1-3-18(24)20(17)25-21(29)14-4-5-16-15(12-14)13-30-22(16)7-10-26(11-8-22)9-6-19(27)28;20-16-6-7-17-18(12-16)22-14-19(17)8-10-21(11-9-19)13-15-4-2-1-3-5-15;/h1-5,12H,6-11,13H2,(H,25,29)(H,27,28);1-7,12H,8-11,13-14H2;1H. The van der Waals surface area contributed by atoms with Gasteiger partial charge in [0, 0.05) is 47.2 Å². The fourth-order valence-corrected chi connectivity index (χ4v) is 8.77. The van der Waals surface area contributed by atoms with E-state index in [9.17, 15) is 9.59 Å². The second-order valence-corrected chi connectivity index (χ2v) is 15.9. The Labute approximate surface area is 335 Å². The number of aliphatic carboxylic acids is 1. The Morgan fingerprint density at radius 1 is 0.830 bits per heavy atom. The average molecular weight is 844 g/mol. The summed E-state index contributed by atoms with van der Waals surface area (Å²) >= 11 is 15.8. The van der Waals surface area contributed by atoms with Gasteiger partial charge in [-0.05, 0) is 91.9 Å². The van der Waals surface area contributed by atoms with Gasteiger partial charge in [0.05, 0.1) is 41.0 Å². The maximum absolute atomic E-state index is 12.7. The third kappa shape index (κ3) is 8.89. The quantitative estimate of drug-likeness (QED) is 0.192. The Kier molecular flexibility index (Phi) is 12.8. The summed E-state index contributed by atoms with van der Waals surface area (Å²) in [6.07, 6.45) is 4.14. The van der Waals surface area contributed by atoms with Gasteiger partial charge in [-0.1, -0.05) is 87.7 Å². The molecule has 4 aliphatic rings. The van der Waals surface area contributed by atoms with E-state index in [0.29, 0.717) is 34.4 Å². The van der Waals surface area contributed by atoms with Crippen molar-refractivity contribution in [3.8, 4) is 5.75 Å². The summed E-state index contributed by atoms with van der Waals surface area (Å²) in [5.41, 5.74) is 5.75. The molecule has 8 nitrogen and oxygen atoms in total. The number of anilines is 1. The van der Waals surface area contributed by atoms with Crippen LogP contribution in [0.1, 0.15) is 64.7 Å². The summed E-state index contributed by atoms with van der Waals surface area (Å²) in [7, 11) is 0. The molecule has 0 saturated carbocycles. The molecule has 8 rings (SSSR count). The topological polar surface area (TPSA) is 91.3 Å². The van der Waals surface area contributed by atoms with Crippen LogP contribution in [0.15, 0.2) is 89.4 Å². The highest BCUT2D eigenvalue weighted by atomic mass is 79.9. The third-order valence-electron chi connectivity index (χ3n) is 11.0. The monoisotopic (exact) mass is 841 g/mol. The maximum atomic E-state index is 12.7. The molecule has 2 N–H and O–H groups in total. The molecule has 2 fully saturated rings. The normalized spacial score (nSPS) is 18.2. The number of amides is 1. The van der Waals surface area contributed by atoms with E-state index in [1.165, 1.54) is 24.0 Å². The highest BCUT2D eigenvalue weighted by Gasteiger charge is 2.44. The van der Waals surface area contributed by atoms with Gasteiger partial charge >= 0.3 is 5.97 Å². The van der Waals surface area contributed by atoms with E-state index in [-0.39, 0.29) is 35.8 Å². The van der Waals surface area contributed by atoms with Crippen LogP contribution in [0.4, 0.5) is 5.69 Å². The lowest BCUT2D eigenvalue weighted by Gasteiger charge is -2.39. The number of carbonyl (C=O) groups is 2. The highest BCUT2D eigenvalue weighted by molar-refractivity contribution is 9.10. The molecule has 0 aliphatic carbocycles. The summed E-state index contributed by atoms with van der Waals surface area (Å²) in [6.45, 7) is 6.80. The molecule has 1 amide bonds. The van der Waals surface area contributed by atoms with Crippen molar-refractivity contribution in [3.63, 3.8) is 0 Å². The van der Waals surface area contributed by atoms with Crippen molar-refractivity contribution in [2.45, 2.75) is 56.3 Å². The van der Waals surface area contributed by atoms with E-state index in [1.807, 2.05) is 12.1 Å². The average Bonchev–Trinajstić information content (AvgIpc) is 3.68. The molecular formula is C41H43BrCl3N3O5. The number of para-hydroxylation sites is 1. The molecule has 2 spiro atoms. The van der Waals surface area contributed by atoms with Crippen LogP contribution in [-0.2, 0) is 33.7 Å². The lowest BCUT2D eigenvalue weighted by Crippen LogP contribution is -2.43.